The standard InChI is InChI=1S/C15H15FN2O2S/c16-14-4-2-1-3-12(14)10-18-21(19,20)13-5-6-15-11(9-13)7-8-17-15/h1-6,9,17-18H,7-8,10H2. The molecule has 4 nitrogen and oxygen atoms in total. The molecule has 0 saturated heterocycles. The van der Waals surface area contributed by atoms with Gasteiger partial charge in [-0.1, -0.05) is 18.2 Å². The Bertz CT molecular complexity index is 775. The molecule has 0 atom stereocenters. The van der Waals surface area contributed by atoms with Gasteiger partial charge in [-0.3, -0.25) is 0 Å². The third kappa shape index (κ3) is 2.91. The normalized spacial score (nSPS) is 13.8. The smallest absolute Gasteiger partial charge is 0.240 e. The number of hydrogen-bond acceptors (Lipinski definition) is 3. The summed E-state index contributed by atoms with van der Waals surface area (Å²) in [7, 11) is -3.64. The highest BCUT2D eigenvalue weighted by atomic mass is 32.2. The molecule has 0 amide bonds. The maximum atomic E-state index is 13.5. The molecule has 0 radical (unpaired) electrons. The molecule has 6 heteroatoms. The molecule has 0 unspecified atom stereocenters. The Morgan fingerprint density at radius 2 is 2.00 bits per heavy atom. The molecule has 0 saturated carbocycles. The molecule has 0 aromatic heterocycles. The first kappa shape index (κ1) is 14.0. The van der Waals surface area contributed by atoms with Crippen molar-refractivity contribution in [1.29, 1.82) is 0 Å². The second-order valence-electron chi connectivity index (χ2n) is 4.91. The summed E-state index contributed by atoms with van der Waals surface area (Å²) in [4.78, 5) is 0.210. The van der Waals surface area contributed by atoms with E-state index in [0.29, 0.717) is 5.56 Å². The Balaban J connectivity index is 1.80. The Morgan fingerprint density at radius 3 is 2.81 bits per heavy atom. The summed E-state index contributed by atoms with van der Waals surface area (Å²) in [5.74, 6) is -0.418. The topological polar surface area (TPSA) is 58.2 Å². The molecule has 1 aliphatic heterocycles. The van der Waals surface area contributed by atoms with E-state index in [2.05, 4.69) is 10.0 Å². The summed E-state index contributed by atoms with van der Waals surface area (Å²) in [6, 6.07) is 11.1. The Morgan fingerprint density at radius 1 is 1.19 bits per heavy atom. The van der Waals surface area contributed by atoms with Gasteiger partial charge in [0.1, 0.15) is 5.82 Å². The second-order valence-corrected chi connectivity index (χ2v) is 6.68. The lowest BCUT2D eigenvalue weighted by Gasteiger charge is -2.09. The van der Waals surface area contributed by atoms with Gasteiger partial charge >= 0.3 is 0 Å². The molecule has 1 aliphatic rings. The molecular formula is C15H15FN2O2S. The van der Waals surface area contributed by atoms with Crippen LogP contribution >= 0.6 is 0 Å². The van der Waals surface area contributed by atoms with E-state index in [-0.39, 0.29) is 11.4 Å². The van der Waals surface area contributed by atoms with Gasteiger partial charge in [0.05, 0.1) is 4.90 Å². The van der Waals surface area contributed by atoms with Crippen LogP contribution in [0.4, 0.5) is 10.1 Å². The van der Waals surface area contributed by atoms with E-state index in [4.69, 9.17) is 0 Å². The summed E-state index contributed by atoms with van der Waals surface area (Å²) in [6.45, 7) is 0.756. The number of anilines is 1. The van der Waals surface area contributed by atoms with Gasteiger partial charge in [-0.25, -0.2) is 17.5 Å². The van der Waals surface area contributed by atoms with Crippen LogP contribution in [0, 0.1) is 5.82 Å². The monoisotopic (exact) mass is 306 g/mol. The molecule has 2 aromatic rings. The van der Waals surface area contributed by atoms with E-state index < -0.39 is 15.8 Å². The molecule has 21 heavy (non-hydrogen) atoms. The predicted molar refractivity (Wildman–Crippen MR) is 79.1 cm³/mol. The van der Waals surface area contributed by atoms with Crippen LogP contribution < -0.4 is 10.0 Å². The van der Waals surface area contributed by atoms with Crippen molar-refractivity contribution in [2.45, 2.75) is 17.9 Å². The molecule has 3 rings (SSSR count). The summed E-state index contributed by atoms with van der Waals surface area (Å²) < 4.78 is 40.5. The molecule has 2 aromatic carbocycles. The maximum Gasteiger partial charge on any atom is 0.240 e. The number of halogens is 1. The summed E-state index contributed by atoms with van der Waals surface area (Å²) >= 11 is 0. The van der Waals surface area contributed by atoms with Gasteiger partial charge in [-0.15, -0.1) is 0 Å². The van der Waals surface area contributed by atoms with Gasteiger partial charge in [0.25, 0.3) is 0 Å². The number of benzene rings is 2. The number of sulfonamides is 1. The van der Waals surface area contributed by atoms with Crippen molar-refractivity contribution in [2.75, 3.05) is 11.9 Å². The van der Waals surface area contributed by atoms with Crippen LogP contribution in [-0.4, -0.2) is 15.0 Å². The second kappa shape index (κ2) is 5.46. The van der Waals surface area contributed by atoms with Gasteiger partial charge in [0.15, 0.2) is 0 Å². The van der Waals surface area contributed by atoms with Crippen molar-refractivity contribution in [3.63, 3.8) is 0 Å². The molecule has 2 N–H and O–H groups in total. The van der Waals surface area contributed by atoms with Gasteiger partial charge in [0, 0.05) is 24.3 Å². The fourth-order valence-corrected chi connectivity index (χ4v) is 3.40. The van der Waals surface area contributed by atoms with E-state index in [1.54, 1.807) is 36.4 Å². The van der Waals surface area contributed by atoms with Crippen molar-refractivity contribution in [3.05, 3.63) is 59.4 Å². The highest BCUT2D eigenvalue weighted by Gasteiger charge is 2.18. The lowest BCUT2D eigenvalue weighted by atomic mass is 10.2. The van der Waals surface area contributed by atoms with E-state index in [1.165, 1.54) is 6.07 Å². The van der Waals surface area contributed by atoms with Crippen LogP contribution in [0.25, 0.3) is 0 Å². The third-order valence-corrected chi connectivity index (χ3v) is 4.91. The zero-order valence-electron chi connectivity index (χ0n) is 11.3. The zero-order chi connectivity index (χ0) is 14.9. The molecule has 0 bridgehead atoms. The quantitative estimate of drug-likeness (QED) is 0.911. The largest absolute Gasteiger partial charge is 0.384 e. The summed E-state index contributed by atoms with van der Waals surface area (Å²) in [5.41, 5.74) is 2.29. The van der Waals surface area contributed by atoms with Gasteiger partial charge in [-0.2, -0.15) is 0 Å². The molecule has 1 heterocycles. The molecule has 0 spiro atoms. The van der Waals surface area contributed by atoms with Crippen LogP contribution in [0.15, 0.2) is 47.4 Å². The minimum atomic E-state index is -3.64. The minimum Gasteiger partial charge on any atom is -0.384 e. The minimum absolute atomic E-state index is 0.0651. The van der Waals surface area contributed by atoms with Gasteiger partial charge in [-0.05, 0) is 36.2 Å². The maximum absolute atomic E-state index is 13.5. The molecular weight excluding hydrogens is 291 g/mol. The fraction of sp³-hybridized carbons (Fsp3) is 0.200. The SMILES string of the molecule is O=S(=O)(NCc1ccccc1F)c1ccc2c(c1)CCN2. The Hall–Kier alpha value is -1.92. The predicted octanol–water partition coefficient (Wildman–Crippen LogP) is 2.27. The van der Waals surface area contributed by atoms with Crippen molar-refractivity contribution in [1.82, 2.24) is 4.72 Å². The Kier molecular flexibility index (Phi) is 3.65. The average Bonchev–Trinajstić information content (AvgIpc) is 2.94. The van der Waals surface area contributed by atoms with Crippen LogP contribution in [-0.2, 0) is 23.0 Å². The lowest BCUT2D eigenvalue weighted by molar-refractivity contribution is 0.574. The summed E-state index contributed by atoms with van der Waals surface area (Å²) in [6.07, 6.45) is 0.812. The zero-order valence-corrected chi connectivity index (χ0v) is 12.1. The van der Waals surface area contributed by atoms with Crippen LogP contribution in [0.5, 0.6) is 0 Å². The number of rotatable bonds is 4. The van der Waals surface area contributed by atoms with Crippen molar-refractivity contribution >= 4 is 15.7 Å². The lowest BCUT2D eigenvalue weighted by Crippen LogP contribution is -2.23. The molecule has 0 fully saturated rings. The highest BCUT2D eigenvalue weighted by molar-refractivity contribution is 7.89. The Labute approximate surface area is 123 Å². The molecule has 110 valence electrons. The van der Waals surface area contributed by atoms with E-state index in [1.807, 2.05) is 0 Å². The van der Waals surface area contributed by atoms with Crippen LogP contribution in [0.3, 0.4) is 0 Å². The van der Waals surface area contributed by atoms with Crippen LogP contribution in [0.1, 0.15) is 11.1 Å². The van der Waals surface area contributed by atoms with Gasteiger partial charge in [0.2, 0.25) is 10.0 Å². The third-order valence-electron chi connectivity index (χ3n) is 3.51. The average molecular weight is 306 g/mol. The highest BCUT2D eigenvalue weighted by Crippen LogP contribution is 2.25. The number of hydrogen-bond donors (Lipinski definition) is 2. The van der Waals surface area contributed by atoms with Crippen molar-refractivity contribution in [3.8, 4) is 0 Å². The first-order valence-electron chi connectivity index (χ1n) is 6.66. The van der Waals surface area contributed by atoms with Crippen molar-refractivity contribution in [2.24, 2.45) is 0 Å². The van der Waals surface area contributed by atoms with E-state index >= 15 is 0 Å². The first-order chi connectivity index (χ1) is 10.1. The van der Waals surface area contributed by atoms with E-state index in [9.17, 15) is 12.8 Å². The first-order valence-corrected chi connectivity index (χ1v) is 8.14. The number of nitrogens with one attached hydrogen (secondary N) is 2. The van der Waals surface area contributed by atoms with Crippen molar-refractivity contribution < 1.29 is 12.8 Å². The van der Waals surface area contributed by atoms with E-state index in [0.717, 1.165) is 24.2 Å². The fourth-order valence-electron chi connectivity index (χ4n) is 2.35. The van der Waals surface area contributed by atoms with Crippen LogP contribution in [0.2, 0.25) is 0 Å². The van der Waals surface area contributed by atoms with Gasteiger partial charge < -0.3 is 5.32 Å². The summed E-state index contributed by atoms with van der Waals surface area (Å²) in [5, 5.41) is 3.18. The molecule has 0 aliphatic carbocycles. The number of fused-ring (bicyclic) bond motifs is 1.